The third-order valence-electron chi connectivity index (χ3n) is 4.33. The zero-order valence-electron chi connectivity index (χ0n) is 13.9. The minimum absolute atomic E-state index is 0.358. The lowest BCUT2D eigenvalue weighted by Gasteiger charge is -2.11. The second-order valence-corrected chi connectivity index (χ2v) is 5.98. The van der Waals surface area contributed by atoms with Crippen LogP contribution in [0, 0.1) is 18.6 Å². The average Bonchev–Trinajstić information content (AvgIpc) is 3.01. The highest BCUT2D eigenvalue weighted by Gasteiger charge is 2.25. The number of fused-ring (bicyclic) bond motifs is 1. The molecule has 0 amide bonds. The van der Waals surface area contributed by atoms with Crippen LogP contribution in [0.25, 0.3) is 22.4 Å². The van der Waals surface area contributed by atoms with Gasteiger partial charge in [-0.3, -0.25) is 9.36 Å². The minimum atomic E-state index is -0.900. The maximum Gasteiger partial charge on any atom is 0.270 e. The Bertz CT molecular complexity index is 1130. The van der Waals surface area contributed by atoms with Gasteiger partial charge in [-0.2, -0.15) is 0 Å². The van der Waals surface area contributed by atoms with Crippen molar-refractivity contribution < 1.29 is 13.6 Å². The lowest BCUT2D eigenvalue weighted by atomic mass is 10.1. The van der Waals surface area contributed by atoms with E-state index in [1.807, 2.05) is 31.2 Å². The predicted molar refractivity (Wildman–Crippen MR) is 96.0 cm³/mol. The van der Waals surface area contributed by atoms with E-state index < -0.39 is 23.1 Å². The standard InChI is InChI=1S/C21H14F2N2O/c1-13-7-2-3-8-14(13)20-24-17-11-4-5-12-18(17)25(20)21(26)19-15(22)9-6-10-16(19)23/h2-12H,1H3. The number of aryl methyl sites for hydroxylation is 1. The van der Waals surface area contributed by atoms with Crippen LogP contribution < -0.4 is 0 Å². The summed E-state index contributed by atoms with van der Waals surface area (Å²) in [6.07, 6.45) is 0. The van der Waals surface area contributed by atoms with Crippen molar-refractivity contribution in [2.24, 2.45) is 0 Å². The van der Waals surface area contributed by atoms with E-state index >= 15 is 0 Å². The van der Waals surface area contributed by atoms with Gasteiger partial charge in [-0.1, -0.05) is 42.5 Å². The Morgan fingerprint density at radius 3 is 2.27 bits per heavy atom. The van der Waals surface area contributed by atoms with Gasteiger partial charge < -0.3 is 0 Å². The molecule has 0 saturated heterocycles. The first kappa shape index (κ1) is 16.1. The van der Waals surface area contributed by atoms with E-state index in [-0.39, 0.29) is 0 Å². The van der Waals surface area contributed by atoms with Crippen molar-refractivity contribution in [1.82, 2.24) is 9.55 Å². The first-order chi connectivity index (χ1) is 12.6. The first-order valence-electron chi connectivity index (χ1n) is 8.10. The van der Waals surface area contributed by atoms with Gasteiger partial charge in [0.1, 0.15) is 23.0 Å². The number of benzene rings is 3. The van der Waals surface area contributed by atoms with Gasteiger partial charge in [-0.25, -0.2) is 13.8 Å². The van der Waals surface area contributed by atoms with E-state index in [1.54, 1.807) is 24.3 Å². The Morgan fingerprint density at radius 2 is 1.54 bits per heavy atom. The van der Waals surface area contributed by atoms with Crippen molar-refractivity contribution in [1.29, 1.82) is 0 Å². The van der Waals surface area contributed by atoms with E-state index in [1.165, 1.54) is 10.6 Å². The number of carbonyl (C=O) groups excluding carboxylic acids is 1. The Labute approximate surface area is 148 Å². The van der Waals surface area contributed by atoms with Gasteiger partial charge in [0.05, 0.1) is 11.0 Å². The molecule has 1 heterocycles. The van der Waals surface area contributed by atoms with Gasteiger partial charge in [0.25, 0.3) is 5.91 Å². The van der Waals surface area contributed by atoms with E-state index in [4.69, 9.17) is 0 Å². The monoisotopic (exact) mass is 348 g/mol. The van der Waals surface area contributed by atoms with E-state index in [2.05, 4.69) is 4.98 Å². The lowest BCUT2D eigenvalue weighted by Crippen LogP contribution is -2.17. The van der Waals surface area contributed by atoms with E-state index in [0.717, 1.165) is 23.3 Å². The van der Waals surface area contributed by atoms with Crippen LogP contribution in [0.3, 0.4) is 0 Å². The van der Waals surface area contributed by atoms with Crippen LogP contribution in [0.15, 0.2) is 66.7 Å². The van der Waals surface area contributed by atoms with Gasteiger partial charge in [0, 0.05) is 5.56 Å². The first-order valence-corrected chi connectivity index (χ1v) is 8.10. The van der Waals surface area contributed by atoms with Crippen molar-refractivity contribution in [3.05, 3.63) is 89.5 Å². The minimum Gasteiger partial charge on any atom is -0.268 e. The number of hydrogen-bond acceptors (Lipinski definition) is 2. The topological polar surface area (TPSA) is 34.9 Å². The second kappa shape index (κ2) is 6.19. The molecule has 4 aromatic rings. The molecule has 3 nitrogen and oxygen atoms in total. The Kier molecular flexibility index (Phi) is 3.84. The number of carbonyl (C=O) groups is 1. The normalized spacial score (nSPS) is 11.0. The molecule has 0 aliphatic carbocycles. The van der Waals surface area contributed by atoms with E-state index in [9.17, 15) is 13.6 Å². The summed E-state index contributed by atoms with van der Waals surface area (Å²) in [6, 6.07) is 17.8. The lowest BCUT2D eigenvalue weighted by molar-refractivity contribution is 0.0958. The molecule has 0 bridgehead atoms. The van der Waals surface area contributed by atoms with Crippen LogP contribution in [-0.4, -0.2) is 15.5 Å². The molecule has 0 unspecified atom stereocenters. The highest BCUT2D eigenvalue weighted by Crippen LogP contribution is 2.29. The molecule has 0 N–H and O–H groups in total. The summed E-state index contributed by atoms with van der Waals surface area (Å²) < 4.78 is 29.7. The molecule has 0 fully saturated rings. The van der Waals surface area contributed by atoms with Gasteiger partial charge >= 0.3 is 0 Å². The fraction of sp³-hybridized carbons (Fsp3) is 0.0476. The molecular weight excluding hydrogens is 334 g/mol. The number of aromatic nitrogens is 2. The molecular formula is C21H14F2N2O. The summed E-state index contributed by atoms with van der Waals surface area (Å²) in [5, 5.41) is 0. The molecule has 4 rings (SSSR count). The number of imidazole rings is 1. The Balaban J connectivity index is 2.04. The fourth-order valence-corrected chi connectivity index (χ4v) is 3.05. The van der Waals surface area contributed by atoms with Gasteiger partial charge in [0.15, 0.2) is 0 Å². The number of hydrogen-bond donors (Lipinski definition) is 0. The molecule has 3 aromatic carbocycles. The summed E-state index contributed by atoms with van der Waals surface area (Å²) in [4.78, 5) is 17.7. The van der Waals surface area contributed by atoms with Crippen LogP contribution >= 0.6 is 0 Å². The zero-order chi connectivity index (χ0) is 18.3. The number of halogens is 2. The third-order valence-corrected chi connectivity index (χ3v) is 4.33. The maximum atomic E-state index is 14.2. The molecule has 5 heteroatoms. The molecule has 0 radical (unpaired) electrons. The summed E-state index contributed by atoms with van der Waals surface area (Å²) in [5.41, 5.74) is 2.12. The molecule has 0 atom stereocenters. The summed E-state index contributed by atoms with van der Waals surface area (Å²) in [5.74, 6) is -2.23. The van der Waals surface area contributed by atoms with Crippen LogP contribution in [0.4, 0.5) is 8.78 Å². The number of rotatable bonds is 2. The number of para-hydroxylation sites is 2. The SMILES string of the molecule is Cc1ccccc1-c1nc2ccccc2n1C(=O)c1c(F)cccc1F. The summed E-state index contributed by atoms with van der Waals surface area (Å²) in [6.45, 7) is 1.90. The molecule has 0 saturated carbocycles. The van der Waals surface area contributed by atoms with Crippen LogP contribution in [0.2, 0.25) is 0 Å². The highest BCUT2D eigenvalue weighted by molar-refractivity contribution is 6.04. The average molecular weight is 348 g/mol. The molecule has 0 aliphatic heterocycles. The maximum absolute atomic E-state index is 14.2. The second-order valence-electron chi connectivity index (χ2n) is 5.98. The Morgan fingerprint density at radius 1 is 0.885 bits per heavy atom. The molecule has 128 valence electrons. The third kappa shape index (κ3) is 2.49. The van der Waals surface area contributed by atoms with Gasteiger partial charge in [-0.05, 0) is 36.8 Å². The predicted octanol–water partition coefficient (Wildman–Crippen LogP) is 4.98. The number of nitrogens with zero attached hydrogens (tertiary/aromatic N) is 2. The molecule has 26 heavy (non-hydrogen) atoms. The summed E-state index contributed by atoms with van der Waals surface area (Å²) in [7, 11) is 0. The van der Waals surface area contributed by atoms with Crippen molar-refractivity contribution in [2.75, 3.05) is 0 Å². The van der Waals surface area contributed by atoms with Gasteiger partial charge in [0.2, 0.25) is 0 Å². The molecule has 1 aromatic heterocycles. The van der Waals surface area contributed by atoms with E-state index in [0.29, 0.717) is 16.9 Å². The van der Waals surface area contributed by atoms with Crippen molar-refractivity contribution in [3.63, 3.8) is 0 Å². The quantitative estimate of drug-likeness (QED) is 0.512. The van der Waals surface area contributed by atoms with Crippen LogP contribution in [-0.2, 0) is 0 Å². The fourth-order valence-electron chi connectivity index (χ4n) is 3.05. The summed E-state index contributed by atoms with van der Waals surface area (Å²) >= 11 is 0. The van der Waals surface area contributed by atoms with Crippen LogP contribution in [0.1, 0.15) is 15.9 Å². The van der Waals surface area contributed by atoms with Crippen molar-refractivity contribution in [2.45, 2.75) is 6.92 Å². The Hall–Kier alpha value is -3.34. The largest absolute Gasteiger partial charge is 0.270 e. The van der Waals surface area contributed by atoms with Crippen LogP contribution in [0.5, 0.6) is 0 Å². The zero-order valence-corrected chi connectivity index (χ0v) is 13.9. The van der Waals surface area contributed by atoms with Crippen molar-refractivity contribution in [3.8, 4) is 11.4 Å². The molecule has 0 aliphatic rings. The molecule has 0 spiro atoms. The highest BCUT2D eigenvalue weighted by atomic mass is 19.1. The smallest absolute Gasteiger partial charge is 0.268 e. The van der Waals surface area contributed by atoms with Gasteiger partial charge in [-0.15, -0.1) is 0 Å². The van der Waals surface area contributed by atoms with Crippen molar-refractivity contribution >= 4 is 16.9 Å².